The van der Waals surface area contributed by atoms with Gasteiger partial charge in [0, 0.05) is 41.8 Å². The zero-order chi connectivity index (χ0) is 29.7. The first-order valence-corrected chi connectivity index (χ1v) is 15.1. The lowest BCUT2D eigenvalue weighted by Gasteiger charge is -2.26. The van der Waals surface area contributed by atoms with E-state index in [1.54, 1.807) is 6.08 Å². The maximum Gasteiger partial charge on any atom is 0.328 e. The first-order valence-electron chi connectivity index (χ1n) is 15.1. The summed E-state index contributed by atoms with van der Waals surface area (Å²) in [6, 6.07) is 18.3. The average Bonchev–Trinajstić information content (AvgIpc) is 3.64. The number of hydrogen-bond acceptors (Lipinski definition) is 4. The van der Waals surface area contributed by atoms with Gasteiger partial charge in [0.15, 0.2) is 0 Å². The molecule has 2 fully saturated rings. The first kappa shape index (κ1) is 27.1. The Bertz CT molecular complexity index is 1910. The number of carbonyl (C=O) groups excluding carboxylic acids is 1. The molecule has 0 radical (unpaired) electrons. The molecule has 1 amide bonds. The number of aliphatic carboxylic acids is 1. The van der Waals surface area contributed by atoms with Gasteiger partial charge in [0.2, 0.25) is 0 Å². The van der Waals surface area contributed by atoms with Gasteiger partial charge in [-0.3, -0.25) is 9.78 Å². The van der Waals surface area contributed by atoms with Gasteiger partial charge in [-0.1, -0.05) is 31.4 Å². The summed E-state index contributed by atoms with van der Waals surface area (Å²) in [5.41, 5.74) is 7.02. The number of benzene rings is 2. The average molecular weight is 574 g/mol. The minimum atomic E-state index is -0.989. The van der Waals surface area contributed by atoms with Gasteiger partial charge in [0.1, 0.15) is 5.82 Å². The summed E-state index contributed by atoms with van der Waals surface area (Å²) in [6.07, 6.45) is 12.2. The summed E-state index contributed by atoms with van der Waals surface area (Å²) in [7, 11) is 1.95. The summed E-state index contributed by atoms with van der Waals surface area (Å²) in [6.45, 7) is 2.15. The number of aromatic nitrogens is 4. The van der Waals surface area contributed by atoms with E-state index < -0.39 is 11.5 Å². The highest BCUT2D eigenvalue weighted by Crippen LogP contribution is 2.46. The predicted octanol–water partition coefficient (Wildman–Crippen LogP) is 6.92. The van der Waals surface area contributed by atoms with Gasteiger partial charge >= 0.3 is 5.97 Å². The topological polar surface area (TPSA) is 102 Å². The van der Waals surface area contributed by atoms with Gasteiger partial charge in [-0.15, -0.1) is 0 Å². The van der Waals surface area contributed by atoms with E-state index in [0.717, 1.165) is 82.0 Å². The van der Waals surface area contributed by atoms with Gasteiger partial charge in [0.25, 0.3) is 5.91 Å². The van der Waals surface area contributed by atoms with Gasteiger partial charge in [0.05, 0.1) is 28.0 Å². The van der Waals surface area contributed by atoms with Crippen LogP contribution in [0.3, 0.4) is 0 Å². The Hall–Kier alpha value is -4.72. The van der Waals surface area contributed by atoms with Crippen molar-refractivity contribution in [3.8, 4) is 11.4 Å². The number of pyridine rings is 1. The maximum absolute atomic E-state index is 13.8. The van der Waals surface area contributed by atoms with Crippen LogP contribution in [0.25, 0.3) is 39.4 Å². The van der Waals surface area contributed by atoms with Gasteiger partial charge in [-0.2, -0.15) is 0 Å². The number of carbonyl (C=O) groups is 2. The third kappa shape index (κ3) is 4.80. The number of aryl methyl sites for hydroxylation is 2. The monoisotopic (exact) mass is 573 g/mol. The molecule has 2 aliphatic rings. The van der Waals surface area contributed by atoms with E-state index in [1.807, 2.05) is 60.3 Å². The molecule has 0 bridgehead atoms. The number of nitrogens with zero attached hydrogens (tertiary/aromatic N) is 4. The second-order valence-corrected chi connectivity index (χ2v) is 12.0. The molecule has 2 aromatic carbocycles. The van der Waals surface area contributed by atoms with Crippen LogP contribution in [0, 0.1) is 6.92 Å². The first-order chi connectivity index (χ1) is 20.8. The Morgan fingerprint density at radius 2 is 1.84 bits per heavy atom. The SMILES string of the molecule is Cc1c(-c2ccccn2)n(C2CCCCC2)c2ccc(C(=O)NC3(c4nc5ccc(/C=C/C(=O)O)cc5n4C)CC3)cc12. The highest BCUT2D eigenvalue weighted by atomic mass is 16.4. The highest BCUT2D eigenvalue weighted by Gasteiger charge is 2.49. The molecule has 2 N–H and O–H groups in total. The molecule has 0 atom stereocenters. The lowest BCUT2D eigenvalue weighted by molar-refractivity contribution is -0.131. The van der Waals surface area contributed by atoms with Crippen LogP contribution in [0.1, 0.15) is 78.3 Å². The fraction of sp³-hybridized carbons (Fsp3) is 0.314. The molecule has 218 valence electrons. The minimum Gasteiger partial charge on any atom is -0.478 e. The number of imidazole rings is 1. The number of amides is 1. The largest absolute Gasteiger partial charge is 0.478 e. The molecule has 3 aromatic heterocycles. The molecule has 2 saturated carbocycles. The summed E-state index contributed by atoms with van der Waals surface area (Å²) in [5.74, 6) is -0.286. The molecule has 8 heteroatoms. The zero-order valence-corrected chi connectivity index (χ0v) is 24.5. The number of nitrogens with one attached hydrogen (secondary N) is 1. The van der Waals surface area contributed by atoms with Crippen LogP contribution < -0.4 is 5.32 Å². The van der Waals surface area contributed by atoms with Gasteiger partial charge in [-0.25, -0.2) is 9.78 Å². The van der Waals surface area contributed by atoms with Crippen LogP contribution in [0.2, 0.25) is 0 Å². The quantitative estimate of drug-likeness (QED) is 0.206. The highest BCUT2D eigenvalue weighted by molar-refractivity contribution is 6.01. The van der Waals surface area contributed by atoms with Crippen LogP contribution in [0.15, 0.2) is 66.9 Å². The molecule has 2 aliphatic carbocycles. The number of rotatable bonds is 7. The molecular weight excluding hydrogens is 538 g/mol. The normalized spacial score (nSPS) is 16.7. The minimum absolute atomic E-state index is 0.110. The van der Waals surface area contributed by atoms with Crippen LogP contribution in [-0.2, 0) is 17.4 Å². The molecule has 0 unspecified atom stereocenters. The number of fused-ring (bicyclic) bond motifs is 2. The molecule has 7 rings (SSSR count). The summed E-state index contributed by atoms with van der Waals surface area (Å²) in [4.78, 5) is 34.4. The third-order valence-corrected chi connectivity index (χ3v) is 9.22. The van der Waals surface area contributed by atoms with Crippen LogP contribution in [0.4, 0.5) is 0 Å². The molecule has 3 heterocycles. The smallest absolute Gasteiger partial charge is 0.328 e. The molecule has 5 aromatic rings. The molecule has 0 aliphatic heterocycles. The molecule has 43 heavy (non-hydrogen) atoms. The molecule has 8 nitrogen and oxygen atoms in total. The number of carboxylic acids is 1. The van der Waals surface area contributed by atoms with E-state index in [2.05, 4.69) is 28.9 Å². The lowest BCUT2D eigenvalue weighted by atomic mass is 9.95. The van der Waals surface area contributed by atoms with E-state index in [9.17, 15) is 9.59 Å². The Kier molecular flexibility index (Phi) is 6.64. The summed E-state index contributed by atoms with van der Waals surface area (Å²) < 4.78 is 4.49. The Balaban J connectivity index is 1.23. The zero-order valence-electron chi connectivity index (χ0n) is 24.5. The van der Waals surface area contributed by atoms with Crippen molar-refractivity contribution in [2.75, 3.05) is 0 Å². The number of carboxylic acid groups (broad SMARTS) is 1. The maximum atomic E-state index is 13.8. The van der Waals surface area contributed by atoms with E-state index in [0.29, 0.717) is 11.6 Å². The fourth-order valence-corrected chi connectivity index (χ4v) is 6.88. The molecule has 0 spiro atoms. The van der Waals surface area contributed by atoms with Crippen molar-refractivity contribution in [1.29, 1.82) is 0 Å². The number of hydrogen-bond donors (Lipinski definition) is 2. The third-order valence-electron chi connectivity index (χ3n) is 9.22. The molecule has 0 saturated heterocycles. The fourth-order valence-electron chi connectivity index (χ4n) is 6.88. The van der Waals surface area contributed by atoms with Crippen LogP contribution in [0.5, 0.6) is 0 Å². The Labute approximate surface area is 250 Å². The van der Waals surface area contributed by atoms with E-state index >= 15 is 0 Å². The van der Waals surface area contributed by atoms with Crippen molar-refractivity contribution >= 4 is 39.9 Å². The van der Waals surface area contributed by atoms with Crippen LogP contribution in [-0.4, -0.2) is 36.1 Å². The predicted molar refractivity (Wildman–Crippen MR) is 168 cm³/mol. The molecular formula is C35H35N5O3. The van der Waals surface area contributed by atoms with E-state index in [1.165, 1.54) is 19.3 Å². The van der Waals surface area contributed by atoms with Crippen molar-refractivity contribution in [3.63, 3.8) is 0 Å². The standard InChI is InChI=1S/C35H35N5O3/c1-22-26-21-24(13-15-29(26)40(25-8-4-3-5-9-25)32(22)28-10-6-7-19-36-28)33(43)38-35(17-18-35)34-37-27-14-11-23(12-16-31(41)42)20-30(27)39(34)2/h6-7,10-16,19-21,25H,3-5,8-9,17-18H2,1-2H3,(H,38,43)(H,41,42)/b16-12+. The van der Waals surface area contributed by atoms with Gasteiger partial charge in [-0.05, 0) is 92.3 Å². The van der Waals surface area contributed by atoms with Crippen molar-refractivity contribution in [2.45, 2.75) is 63.5 Å². The lowest BCUT2D eigenvalue weighted by Crippen LogP contribution is -2.36. The van der Waals surface area contributed by atoms with Crippen molar-refractivity contribution in [3.05, 3.63) is 89.4 Å². The van der Waals surface area contributed by atoms with Crippen molar-refractivity contribution < 1.29 is 14.7 Å². The second-order valence-electron chi connectivity index (χ2n) is 12.0. The van der Waals surface area contributed by atoms with E-state index in [4.69, 9.17) is 15.1 Å². The summed E-state index contributed by atoms with van der Waals surface area (Å²) >= 11 is 0. The van der Waals surface area contributed by atoms with Gasteiger partial charge < -0.3 is 19.6 Å². The van der Waals surface area contributed by atoms with E-state index in [-0.39, 0.29) is 5.91 Å². The summed E-state index contributed by atoms with van der Waals surface area (Å²) in [5, 5.41) is 13.4. The van der Waals surface area contributed by atoms with Crippen molar-refractivity contribution in [1.82, 2.24) is 24.4 Å². The Morgan fingerprint density at radius 3 is 2.56 bits per heavy atom. The second kappa shape index (κ2) is 10.5. The Morgan fingerprint density at radius 1 is 1.02 bits per heavy atom. The van der Waals surface area contributed by atoms with Crippen LogP contribution >= 0.6 is 0 Å². The van der Waals surface area contributed by atoms with Crippen molar-refractivity contribution in [2.24, 2.45) is 7.05 Å².